The lowest BCUT2D eigenvalue weighted by atomic mass is 10.4. The molecule has 0 saturated carbocycles. The van der Waals surface area contributed by atoms with Gasteiger partial charge in [0, 0.05) is 13.1 Å². The van der Waals surface area contributed by atoms with Gasteiger partial charge in [-0.3, -0.25) is 15.6 Å². The Labute approximate surface area is 90.9 Å². The molecule has 0 aromatic heterocycles. The maximum atomic E-state index is 11.6. The average molecular weight is 258 g/mol. The van der Waals surface area contributed by atoms with Crippen molar-refractivity contribution in [2.75, 3.05) is 13.1 Å². The van der Waals surface area contributed by atoms with Gasteiger partial charge in [-0.2, -0.15) is 12.7 Å². The van der Waals surface area contributed by atoms with Crippen LogP contribution in [0.4, 0.5) is 0 Å². The zero-order chi connectivity index (χ0) is 12.1. The van der Waals surface area contributed by atoms with Crippen LogP contribution in [0, 0.1) is 0 Å². The summed E-state index contributed by atoms with van der Waals surface area (Å²) in [6.07, 6.45) is 1.33. The molecule has 0 fully saturated rings. The van der Waals surface area contributed by atoms with Crippen LogP contribution in [-0.2, 0) is 14.8 Å². The van der Waals surface area contributed by atoms with Crippen LogP contribution in [0.3, 0.4) is 0 Å². The van der Waals surface area contributed by atoms with Crippen LogP contribution >= 0.6 is 7.59 Å². The molecule has 0 aliphatic heterocycles. The Balaban J connectivity index is 4.72. The maximum Gasteiger partial charge on any atom is 0.288 e. The van der Waals surface area contributed by atoms with E-state index in [1.165, 1.54) is 4.31 Å². The number of nitrogens with zero attached hydrogens (tertiary/aromatic N) is 1. The Hall–Kier alpha value is 0.0200. The number of rotatable bonds is 7. The van der Waals surface area contributed by atoms with Crippen molar-refractivity contribution in [2.45, 2.75) is 26.7 Å². The second-order valence-electron chi connectivity index (χ2n) is 3.20. The second-order valence-corrected chi connectivity index (χ2v) is 6.82. The average Bonchev–Trinajstić information content (AvgIpc) is 1.99. The number of hydrogen-bond donors (Lipinski definition) is 3. The van der Waals surface area contributed by atoms with Crippen molar-refractivity contribution in [1.82, 2.24) is 8.80 Å². The van der Waals surface area contributed by atoms with E-state index in [0.717, 1.165) is 0 Å². The van der Waals surface area contributed by atoms with Gasteiger partial charge in [-0.25, -0.2) is 0 Å². The largest absolute Gasteiger partial charge is 0.288 e. The normalized spacial score (nSPS) is 13.4. The highest BCUT2D eigenvalue weighted by molar-refractivity contribution is 7.93. The predicted octanol–water partition coefficient (Wildman–Crippen LogP) is -0.0317. The molecule has 0 aromatic carbocycles. The minimum absolute atomic E-state index is 0.350. The van der Waals surface area contributed by atoms with E-state index in [9.17, 15) is 13.0 Å². The highest BCUT2D eigenvalue weighted by Gasteiger charge is 2.25. The van der Waals surface area contributed by atoms with Crippen LogP contribution in [0.1, 0.15) is 26.7 Å². The van der Waals surface area contributed by atoms with Crippen molar-refractivity contribution in [3.63, 3.8) is 0 Å². The SMILES string of the molecule is CCCN(CCC)S(=O)(=O)NP(N)(N)=O. The highest BCUT2D eigenvalue weighted by Crippen LogP contribution is 2.21. The van der Waals surface area contributed by atoms with Crippen LogP contribution < -0.4 is 15.5 Å². The van der Waals surface area contributed by atoms with Gasteiger partial charge >= 0.3 is 0 Å². The molecule has 0 unspecified atom stereocenters. The van der Waals surface area contributed by atoms with Gasteiger partial charge in [0.05, 0.1) is 0 Å². The predicted molar refractivity (Wildman–Crippen MR) is 60.2 cm³/mol. The Morgan fingerprint density at radius 2 is 1.60 bits per heavy atom. The molecule has 0 aliphatic carbocycles. The molecule has 0 aliphatic rings. The molecule has 0 atom stereocenters. The third-order valence-electron chi connectivity index (χ3n) is 1.54. The fraction of sp³-hybridized carbons (Fsp3) is 1.00. The summed E-state index contributed by atoms with van der Waals surface area (Å²) in [7, 11) is -7.60. The molecule has 0 rings (SSSR count). The summed E-state index contributed by atoms with van der Waals surface area (Å²) in [6.45, 7) is 4.40. The third kappa shape index (κ3) is 6.24. The van der Waals surface area contributed by atoms with Crippen molar-refractivity contribution >= 4 is 17.8 Å². The monoisotopic (exact) mass is 258 g/mol. The Morgan fingerprint density at radius 1 is 1.20 bits per heavy atom. The van der Waals surface area contributed by atoms with E-state index in [1.807, 2.05) is 13.8 Å². The molecule has 0 spiro atoms. The lowest BCUT2D eigenvalue weighted by Gasteiger charge is -2.22. The maximum absolute atomic E-state index is 11.6. The molecule has 0 amide bonds. The van der Waals surface area contributed by atoms with Crippen LogP contribution in [-0.4, -0.2) is 25.8 Å². The van der Waals surface area contributed by atoms with Crippen LogP contribution in [0.5, 0.6) is 0 Å². The van der Waals surface area contributed by atoms with Crippen molar-refractivity contribution in [1.29, 1.82) is 0 Å². The summed E-state index contributed by atoms with van der Waals surface area (Å²) < 4.78 is 37.2. The van der Waals surface area contributed by atoms with E-state index in [0.29, 0.717) is 25.9 Å². The van der Waals surface area contributed by atoms with Gasteiger partial charge in [0.2, 0.25) is 0 Å². The standard InChI is InChI=1S/C6H19N4O3PS/c1-3-5-10(6-4-2)15(12,13)9-14(7,8)11/h3-6H2,1-2H3,(H5,7,8,9,11). The minimum Gasteiger partial charge on any atom is -0.270 e. The third-order valence-corrected chi connectivity index (χ3v) is 4.65. The van der Waals surface area contributed by atoms with E-state index in [4.69, 9.17) is 11.0 Å². The van der Waals surface area contributed by atoms with E-state index < -0.39 is 17.8 Å². The molecule has 9 heteroatoms. The first kappa shape index (κ1) is 15.0. The van der Waals surface area contributed by atoms with Gasteiger partial charge in [0.15, 0.2) is 0 Å². The molecule has 5 N–H and O–H groups in total. The zero-order valence-electron chi connectivity index (χ0n) is 9.01. The molecule has 0 radical (unpaired) electrons. The van der Waals surface area contributed by atoms with Gasteiger partial charge in [-0.15, -0.1) is 4.49 Å². The topological polar surface area (TPSA) is 119 Å². The molecule has 0 bridgehead atoms. The van der Waals surface area contributed by atoms with Gasteiger partial charge in [0.25, 0.3) is 17.8 Å². The van der Waals surface area contributed by atoms with Crippen molar-refractivity contribution < 1.29 is 13.0 Å². The second kappa shape index (κ2) is 5.93. The fourth-order valence-electron chi connectivity index (χ4n) is 1.09. The molecule has 0 aromatic rings. The van der Waals surface area contributed by atoms with Crippen LogP contribution in [0.15, 0.2) is 0 Å². The zero-order valence-corrected chi connectivity index (χ0v) is 10.7. The number of hydrogen-bond acceptors (Lipinski definition) is 3. The first-order valence-electron chi connectivity index (χ1n) is 4.69. The summed E-state index contributed by atoms with van der Waals surface area (Å²) in [6, 6.07) is 0. The van der Waals surface area contributed by atoms with E-state index in [-0.39, 0.29) is 0 Å². The summed E-state index contributed by atoms with van der Waals surface area (Å²) >= 11 is 0. The Bertz CT molecular complexity index is 319. The van der Waals surface area contributed by atoms with Crippen LogP contribution in [0.2, 0.25) is 0 Å². The summed E-state index contributed by atoms with van der Waals surface area (Å²) in [5.74, 6) is 0. The molecule has 0 saturated heterocycles. The van der Waals surface area contributed by atoms with Crippen molar-refractivity contribution in [3.8, 4) is 0 Å². The lowest BCUT2D eigenvalue weighted by molar-refractivity contribution is 0.407. The molecule has 92 valence electrons. The number of nitrogens with one attached hydrogen (secondary N) is 1. The smallest absolute Gasteiger partial charge is 0.270 e. The quantitative estimate of drug-likeness (QED) is 0.554. The van der Waals surface area contributed by atoms with Crippen molar-refractivity contribution in [2.24, 2.45) is 11.0 Å². The van der Waals surface area contributed by atoms with E-state index in [2.05, 4.69) is 0 Å². The van der Waals surface area contributed by atoms with Crippen LogP contribution in [0.25, 0.3) is 0 Å². The molecular weight excluding hydrogens is 239 g/mol. The summed E-state index contributed by atoms with van der Waals surface area (Å²) in [5, 5.41) is 0. The fourth-order valence-corrected chi connectivity index (χ4v) is 3.84. The molecule has 15 heavy (non-hydrogen) atoms. The van der Waals surface area contributed by atoms with Gasteiger partial charge < -0.3 is 0 Å². The summed E-state index contributed by atoms with van der Waals surface area (Å²) in [4.78, 5) is 0. The Morgan fingerprint density at radius 3 is 1.87 bits per heavy atom. The van der Waals surface area contributed by atoms with E-state index >= 15 is 0 Å². The van der Waals surface area contributed by atoms with Gasteiger partial charge in [-0.05, 0) is 12.8 Å². The first-order chi connectivity index (χ1) is 6.73. The molecule has 7 nitrogen and oxygen atoms in total. The van der Waals surface area contributed by atoms with Gasteiger partial charge in [0.1, 0.15) is 0 Å². The number of nitrogens with two attached hydrogens (primary N) is 2. The van der Waals surface area contributed by atoms with E-state index in [1.54, 1.807) is 4.49 Å². The summed E-state index contributed by atoms with van der Waals surface area (Å²) in [5.41, 5.74) is 9.94. The molecule has 0 heterocycles. The van der Waals surface area contributed by atoms with Crippen molar-refractivity contribution in [3.05, 3.63) is 0 Å². The van der Waals surface area contributed by atoms with Gasteiger partial charge in [-0.1, -0.05) is 13.8 Å². The first-order valence-corrected chi connectivity index (χ1v) is 7.97. The lowest BCUT2D eigenvalue weighted by Crippen LogP contribution is -2.42. The highest BCUT2D eigenvalue weighted by atomic mass is 32.2. The minimum atomic E-state index is -3.83. The molecular formula is C6H19N4O3PS. The Kier molecular flexibility index (Phi) is 5.94.